The van der Waals surface area contributed by atoms with Gasteiger partial charge in [0.1, 0.15) is 23.7 Å². The molecule has 0 bridgehead atoms. The van der Waals surface area contributed by atoms with Gasteiger partial charge in [0.05, 0.1) is 20.1 Å². The molecule has 0 aromatic carbocycles. The minimum Gasteiger partial charge on any atom is -0.477 e. The average Bonchev–Trinajstić information content (AvgIpc) is 2.83. The van der Waals surface area contributed by atoms with E-state index in [0.717, 1.165) is 29.7 Å². The van der Waals surface area contributed by atoms with Crippen molar-refractivity contribution in [3.63, 3.8) is 0 Å². The highest BCUT2D eigenvalue weighted by Gasteiger charge is 2.52. The van der Waals surface area contributed by atoms with Gasteiger partial charge in [0.15, 0.2) is 0 Å². The summed E-state index contributed by atoms with van der Waals surface area (Å²) in [5.41, 5.74) is 6.81. The number of thioether (sulfide) groups is 1. The van der Waals surface area contributed by atoms with E-state index in [1.54, 1.807) is 11.8 Å². The third-order valence-corrected chi connectivity index (χ3v) is 5.87. The van der Waals surface area contributed by atoms with E-state index in [1.165, 1.54) is 17.7 Å². The standard InChI is InChI=1S/C13H19N3O3S/c1-16(4-2-3-5-16)6-8-7-20-12-9(14)11(17)15(12)10(8)13(18)19/h9,12H,2-7,14H2,1H3/p+1. The van der Waals surface area contributed by atoms with Crippen LogP contribution in [0.15, 0.2) is 11.3 Å². The van der Waals surface area contributed by atoms with Crippen LogP contribution in [0, 0.1) is 0 Å². The first kappa shape index (κ1) is 13.9. The lowest BCUT2D eigenvalue weighted by atomic mass is 10.0. The molecular formula is C13H20N3O3S+. The molecule has 3 heterocycles. The van der Waals surface area contributed by atoms with Gasteiger partial charge in [-0.3, -0.25) is 9.69 Å². The maximum atomic E-state index is 11.9. The normalized spacial score (nSPS) is 32.1. The second-order valence-electron chi connectivity index (χ2n) is 6.12. The third-order valence-electron chi connectivity index (χ3n) is 4.51. The van der Waals surface area contributed by atoms with Crippen LogP contribution < -0.4 is 5.73 Å². The fraction of sp³-hybridized carbons (Fsp3) is 0.692. The van der Waals surface area contributed by atoms with Crippen molar-refractivity contribution in [1.29, 1.82) is 0 Å². The predicted octanol–water partition coefficient (Wildman–Crippen LogP) is -0.192. The molecule has 110 valence electrons. The molecule has 7 heteroatoms. The summed E-state index contributed by atoms with van der Waals surface area (Å²) < 4.78 is 0.880. The molecule has 2 atom stereocenters. The van der Waals surface area contributed by atoms with Crippen LogP contribution in [0.1, 0.15) is 12.8 Å². The molecule has 0 saturated carbocycles. The van der Waals surface area contributed by atoms with Crippen LogP contribution in [0.2, 0.25) is 0 Å². The first-order valence-electron chi connectivity index (χ1n) is 6.92. The van der Waals surface area contributed by atoms with E-state index < -0.39 is 12.0 Å². The van der Waals surface area contributed by atoms with Gasteiger partial charge in [-0.15, -0.1) is 11.8 Å². The van der Waals surface area contributed by atoms with Crippen molar-refractivity contribution in [2.75, 3.05) is 32.4 Å². The molecule has 0 aliphatic carbocycles. The van der Waals surface area contributed by atoms with Gasteiger partial charge in [0.2, 0.25) is 5.91 Å². The molecule has 0 radical (unpaired) electrons. The van der Waals surface area contributed by atoms with Gasteiger partial charge in [-0.1, -0.05) is 0 Å². The molecule has 6 nitrogen and oxygen atoms in total. The smallest absolute Gasteiger partial charge is 0.352 e. The second-order valence-corrected chi connectivity index (χ2v) is 7.23. The van der Waals surface area contributed by atoms with E-state index in [-0.39, 0.29) is 17.0 Å². The number of quaternary nitrogens is 1. The molecule has 3 aliphatic heterocycles. The minimum absolute atomic E-state index is 0.187. The fourth-order valence-electron chi connectivity index (χ4n) is 3.42. The first-order valence-corrected chi connectivity index (χ1v) is 7.97. The number of likely N-dealkylation sites (tertiary alicyclic amines) is 1. The number of nitrogens with two attached hydrogens (primary N) is 1. The second kappa shape index (κ2) is 4.75. The van der Waals surface area contributed by atoms with Gasteiger partial charge in [0.25, 0.3) is 0 Å². The zero-order valence-corrected chi connectivity index (χ0v) is 12.4. The van der Waals surface area contributed by atoms with Crippen molar-refractivity contribution in [3.8, 4) is 0 Å². The predicted molar refractivity (Wildman–Crippen MR) is 75.7 cm³/mol. The number of likely N-dealkylation sites (N-methyl/N-ethyl adjacent to an activating group) is 1. The topological polar surface area (TPSA) is 83.6 Å². The number of carbonyl (C=O) groups is 2. The fourth-order valence-corrected chi connectivity index (χ4v) is 4.70. The first-order chi connectivity index (χ1) is 9.43. The highest BCUT2D eigenvalue weighted by molar-refractivity contribution is 8.00. The van der Waals surface area contributed by atoms with Crippen molar-refractivity contribution >= 4 is 23.6 Å². The van der Waals surface area contributed by atoms with E-state index in [9.17, 15) is 14.7 Å². The summed E-state index contributed by atoms with van der Waals surface area (Å²) >= 11 is 1.59. The molecule has 3 rings (SSSR count). The van der Waals surface area contributed by atoms with Crippen LogP contribution in [0.25, 0.3) is 0 Å². The van der Waals surface area contributed by atoms with Crippen LogP contribution in [0.3, 0.4) is 0 Å². The Morgan fingerprint density at radius 2 is 2.15 bits per heavy atom. The van der Waals surface area contributed by atoms with Crippen LogP contribution in [-0.2, 0) is 9.59 Å². The highest BCUT2D eigenvalue weighted by Crippen LogP contribution is 2.40. The minimum atomic E-state index is -1.00. The summed E-state index contributed by atoms with van der Waals surface area (Å²) in [6.07, 6.45) is 2.38. The summed E-state index contributed by atoms with van der Waals surface area (Å²) in [5.74, 6) is -0.602. The number of aliphatic carboxylic acids is 1. The van der Waals surface area contributed by atoms with Crippen molar-refractivity contribution in [2.45, 2.75) is 24.3 Å². The summed E-state index contributed by atoms with van der Waals surface area (Å²) in [6, 6.07) is -0.549. The van der Waals surface area contributed by atoms with Gasteiger partial charge in [-0.25, -0.2) is 4.79 Å². The molecule has 3 N–H and O–H groups in total. The van der Waals surface area contributed by atoms with Crippen molar-refractivity contribution < 1.29 is 19.2 Å². The number of fused-ring (bicyclic) bond motifs is 1. The molecule has 0 aromatic rings. The SMILES string of the molecule is C[N+]1(CC2=C(C(=O)O)N3C(=O)C(N)C3SC2)CCCC1. The van der Waals surface area contributed by atoms with E-state index in [2.05, 4.69) is 7.05 Å². The summed E-state index contributed by atoms with van der Waals surface area (Å²) in [4.78, 5) is 24.8. The van der Waals surface area contributed by atoms with Crippen LogP contribution in [-0.4, -0.2) is 70.2 Å². The molecule has 3 aliphatic rings. The summed E-state index contributed by atoms with van der Waals surface area (Å²) in [5, 5.41) is 9.29. The van der Waals surface area contributed by atoms with Gasteiger partial charge in [-0.05, 0) is 0 Å². The lowest BCUT2D eigenvalue weighted by molar-refractivity contribution is -0.893. The molecule has 2 unspecified atom stereocenters. The Kier molecular flexibility index (Phi) is 3.30. The van der Waals surface area contributed by atoms with E-state index in [1.807, 2.05) is 0 Å². The number of hydrogen-bond donors (Lipinski definition) is 2. The third kappa shape index (κ3) is 2.04. The van der Waals surface area contributed by atoms with E-state index >= 15 is 0 Å². The average molecular weight is 298 g/mol. The quantitative estimate of drug-likeness (QED) is 0.557. The van der Waals surface area contributed by atoms with E-state index in [0.29, 0.717) is 5.75 Å². The van der Waals surface area contributed by atoms with E-state index in [4.69, 9.17) is 5.73 Å². The van der Waals surface area contributed by atoms with Crippen molar-refractivity contribution in [1.82, 2.24) is 4.90 Å². The zero-order valence-electron chi connectivity index (χ0n) is 11.5. The number of β-lactam (4-membered cyclic amide) rings is 1. The largest absolute Gasteiger partial charge is 0.477 e. The molecule has 0 aromatic heterocycles. The van der Waals surface area contributed by atoms with Gasteiger partial charge >= 0.3 is 5.97 Å². The highest BCUT2D eigenvalue weighted by atomic mass is 32.2. The Morgan fingerprint density at radius 3 is 2.75 bits per heavy atom. The Labute approximate surface area is 122 Å². The van der Waals surface area contributed by atoms with Crippen LogP contribution >= 0.6 is 11.8 Å². The maximum absolute atomic E-state index is 11.9. The Morgan fingerprint density at radius 1 is 1.50 bits per heavy atom. The van der Waals surface area contributed by atoms with Gasteiger partial charge in [0, 0.05) is 24.2 Å². The molecule has 1 amide bonds. The van der Waals surface area contributed by atoms with Crippen molar-refractivity contribution in [3.05, 3.63) is 11.3 Å². The van der Waals surface area contributed by atoms with Crippen molar-refractivity contribution in [2.24, 2.45) is 5.73 Å². The summed E-state index contributed by atoms with van der Waals surface area (Å²) in [7, 11) is 2.17. The molecule has 20 heavy (non-hydrogen) atoms. The summed E-state index contributed by atoms with van der Waals surface area (Å²) in [6.45, 7) is 2.89. The Bertz CT molecular complexity index is 499. The van der Waals surface area contributed by atoms with Crippen LogP contribution in [0.5, 0.6) is 0 Å². The Balaban J connectivity index is 1.90. The number of carbonyl (C=O) groups excluding carboxylic acids is 1. The number of hydrogen-bond acceptors (Lipinski definition) is 4. The number of amides is 1. The monoisotopic (exact) mass is 298 g/mol. The molecular weight excluding hydrogens is 278 g/mol. The molecule has 2 fully saturated rings. The number of carboxylic acids is 1. The number of nitrogens with zero attached hydrogens (tertiary/aromatic N) is 2. The Hall–Kier alpha value is -1.05. The lowest BCUT2D eigenvalue weighted by Gasteiger charge is -2.48. The number of rotatable bonds is 3. The maximum Gasteiger partial charge on any atom is 0.352 e. The van der Waals surface area contributed by atoms with Gasteiger partial charge < -0.3 is 15.3 Å². The molecule has 0 spiro atoms. The molecule has 2 saturated heterocycles. The lowest BCUT2D eigenvalue weighted by Crippen LogP contribution is -2.68. The van der Waals surface area contributed by atoms with Gasteiger partial charge in [-0.2, -0.15) is 0 Å². The van der Waals surface area contributed by atoms with Crippen LogP contribution in [0.4, 0.5) is 0 Å². The zero-order chi connectivity index (χ0) is 14.5. The number of carboxylic acid groups (broad SMARTS) is 1.